The predicted molar refractivity (Wildman–Crippen MR) is 74.3 cm³/mol. The van der Waals surface area contributed by atoms with Gasteiger partial charge >= 0.3 is 6.09 Å². The molecule has 1 amide bonds. The number of aryl methyl sites for hydroxylation is 1. The third kappa shape index (κ3) is 2.68. The van der Waals surface area contributed by atoms with Gasteiger partial charge in [0.05, 0.1) is 17.7 Å². The molecule has 0 saturated carbocycles. The molecule has 0 atom stereocenters. The Labute approximate surface area is 109 Å². The van der Waals surface area contributed by atoms with Gasteiger partial charge < -0.3 is 4.74 Å². The standard InChI is InChI=1S/C13H14N2O2S/c1-3-17-13(16)15-14-8-12-9(2)10-6-4-5-7-11(10)18-12/h4-8H,3H2,1-2H3,(H,15,16). The molecule has 0 aliphatic rings. The number of hydrogen-bond donors (Lipinski definition) is 1. The number of nitrogens with one attached hydrogen (secondary N) is 1. The molecule has 1 heterocycles. The fourth-order valence-corrected chi connectivity index (χ4v) is 2.71. The summed E-state index contributed by atoms with van der Waals surface area (Å²) < 4.78 is 5.92. The quantitative estimate of drug-likeness (QED) is 0.681. The SMILES string of the molecule is CCOC(=O)NN=Cc1sc2ccccc2c1C. The number of amides is 1. The lowest BCUT2D eigenvalue weighted by Crippen LogP contribution is -2.18. The Bertz CT molecular complexity index is 590. The molecule has 0 aliphatic heterocycles. The summed E-state index contributed by atoms with van der Waals surface area (Å²) in [6, 6.07) is 8.18. The minimum Gasteiger partial charge on any atom is -0.449 e. The Kier molecular flexibility index (Phi) is 3.94. The highest BCUT2D eigenvalue weighted by Crippen LogP contribution is 2.29. The second-order valence-corrected chi connectivity index (χ2v) is 4.76. The molecule has 0 bridgehead atoms. The van der Waals surface area contributed by atoms with E-state index in [9.17, 15) is 4.79 Å². The van der Waals surface area contributed by atoms with Crippen LogP contribution in [-0.4, -0.2) is 18.9 Å². The molecule has 0 fully saturated rings. The highest BCUT2D eigenvalue weighted by atomic mass is 32.1. The number of benzene rings is 1. The van der Waals surface area contributed by atoms with Gasteiger partial charge in [-0.25, -0.2) is 10.2 Å². The third-order valence-electron chi connectivity index (χ3n) is 2.49. The highest BCUT2D eigenvalue weighted by molar-refractivity contribution is 7.20. The molecule has 0 aliphatic carbocycles. The van der Waals surface area contributed by atoms with Crippen molar-refractivity contribution in [2.45, 2.75) is 13.8 Å². The summed E-state index contributed by atoms with van der Waals surface area (Å²) in [5.41, 5.74) is 3.49. The number of carbonyl (C=O) groups excluding carboxylic acids is 1. The molecule has 0 unspecified atom stereocenters. The third-order valence-corrected chi connectivity index (χ3v) is 3.70. The number of ether oxygens (including phenoxy) is 1. The van der Waals surface area contributed by atoms with Gasteiger partial charge in [0, 0.05) is 4.70 Å². The van der Waals surface area contributed by atoms with E-state index in [0.717, 1.165) is 4.88 Å². The first-order valence-electron chi connectivity index (χ1n) is 5.66. The Balaban J connectivity index is 2.14. The van der Waals surface area contributed by atoms with Crippen molar-refractivity contribution < 1.29 is 9.53 Å². The highest BCUT2D eigenvalue weighted by Gasteiger charge is 2.05. The summed E-state index contributed by atoms with van der Waals surface area (Å²) in [6.07, 6.45) is 1.12. The molecule has 1 aromatic heterocycles. The molecule has 18 heavy (non-hydrogen) atoms. The lowest BCUT2D eigenvalue weighted by molar-refractivity contribution is 0.152. The van der Waals surface area contributed by atoms with Gasteiger partial charge in [-0.05, 0) is 30.9 Å². The molecule has 4 nitrogen and oxygen atoms in total. The number of thiophene rings is 1. The van der Waals surface area contributed by atoms with Crippen LogP contribution in [-0.2, 0) is 4.74 Å². The van der Waals surface area contributed by atoms with Gasteiger partial charge in [-0.3, -0.25) is 0 Å². The van der Waals surface area contributed by atoms with Crippen molar-refractivity contribution in [2.24, 2.45) is 5.10 Å². The summed E-state index contributed by atoms with van der Waals surface area (Å²) in [5, 5.41) is 5.10. The lowest BCUT2D eigenvalue weighted by atomic mass is 10.1. The Hall–Kier alpha value is -1.88. The van der Waals surface area contributed by atoms with Crippen LogP contribution in [0.4, 0.5) is 4.79 Å². The van der Waals surface area contributed by atoms with Gasteiger partial charge in [0.25, 0.3) is 0 Å². The molecule has 0 spiro atoms. The fourth-order valence-electron chi connectivity index (χ4n) is 1.62. The number of carbonyl (C=O) groups is 1. The van der Waals surface area contributed by atoms with Crippen molar-refractivity contribution in [2.75, 3.05) is 6.61 Å². The Morgan fingerprint density at radius 2 is 2.28 bits per heavy atom. The zero-order chi connectivity index (χ0) is 13.0. The average molecular weight is 262 g/mol. The fraction of sp³-hybridized carbons (Fsp3) is 0.231. The van der Waals surface area contributed by atoms with Gasteiger partial charge in [-0.1, -0.05) is 18.2 Å². The van der Waals surface area contributed by atoms with Gasteiger partial charge in [0.1, 0.15) is 0 Å². The number of nitrogens with zero attached hydrogens (tertiary/aromatic N) is 1. The second kappa shape index (κ2) is 5.64. The van der Waals surface area contributed by atoms with Crippen LogP contribution in [0.15, 0.2) is 29.4 Å². The van der Waals surface area contributed by atoms with Gasteiger partial charge in [-0.2, -0.15) is 5.10 Å². The molecule has 0 saturated heterocycles. The van der Waals surface area contributed by atoms with Crippen LogP contribution in [0, 0.1) is 6.92 Å². The molecule has 1 aromatic carbocycles. The molecule has 2 aromatic rings. The topological polar surface area (TPSA) is 50.7 Å². The molecular weight excluding hydrogens is 248 g/mol. The maximum absolute atomic E-state index is 11.0. The first-order valence-corrected chi connectivity index (χ1v) is 6.48. The van der Waals surface area contributed by atoms with Gasteiger partial charge in [0.15, 0.2) is 0 Å². The van der Waals surface area contributed by atoms with E-state index in [1.165, 1.54) is 15.6 Å². The van der Waals surface area contributed by atoms with Crippen molar-refractivity contribution in [1.82, 2.24) is 5.43 Å². The molecule has 1 N–H and O–H groups in total. The van der Waals surface area contributed by atoms with E-state index in [1.54, 1.807) is 24.5 Å². The van der Waals surface area contributed by atoms with Gasteiger partial charge in [-0.15, -0.1) is 11.3 Å². The van der Waals surface area contributed by atoms with E-state index in [0.29, 0.717) is 6.61 Å². The van der Waals surface area contributed by atoms with Crippen LogP contribution < -0.4 is 5.43 Å². The summed E-state index contributed by atoms with van der Waals surface area (Å²) in [4.78, 5) is 12.1. The second-order valence-electron chi connectivity index (χ2n) is 3.68. The van der Waals surface area contributed by atoms with Crippen molar-refractivity contribution in [3.8, 4) is 0 Å². The van der Waals surface area contributed by atoms with Crippen LogP contribution in [0.1, 0.15) is 17.4 Å². The number of rotatable bonds is 3. The van der Waals surface area contributed by atoms with Crippen LogP contribution in [0.2, 0.25) is 0 Å². The van der Waals surface area contributed by atoms with E-state index in [1.807, 2.05) is 19.1 Å². The monoisotopic (exact) mass is 262 g/mol. The zero-order valence-corrected chi connectivity index (χ0v) is 11.1. The minimum absolute atomic E-state index is 0.337. The van der Waals surface area contributed by atoms with E-state index >= 15 is 0 Å². The normalized spacial score (nSPS) is 11.0. The minimum atomic E-state index is -0.535. The summed E-state index contributed by atoms with van der Waals surface area (Å²) in [6.45, 7) is 4.13. The average Bonchev–Trinajstić information content (AvgIpc) is 2.68. The first kappa shape index (κ1) is 12.6. The van der Waals surface area contributed by atoms with Crippen molar-refractivity contribution >= 4 is 33.7 Å². The molecule has 2 rings (SSSR count). The number of hydrogen-bond acceptors (Lipinski definition) is 4. The summed E-state index contributed by atoms with van der Waals surface area (Å²) >= 11 is 1.65. The number of fused-ring (bicyclic) bond motifs is 1. The first-order chi connectivity index (χ1) is 8.72. The van der Waals surface area contributed by atoms with Crippen LogP contribution in [0.3, 0.4) is 0 Å². The van der Waals surface area contributed by atoms with E-state index in [-0.39, 0.29) is 0 Å². The van der Waals surface area contributed by atoms with Crippen LogP contribution in [0.25, 0.3) is 10.1 Å². The largest absolute Gasteiger partial charge is 0.449 e. The molecule has 0 radical (unpaired) electrons. The Morgan fingerprint density at radius 1 is 1.50 bits per heavy atom. The van der Waals surface area contributed by atoms with E-state index < -0.39 is 6.09 Å². The van der Waals surface area contributed by atoms with Gasteiger partial charge in [0.2, 0.25) is 0 Å². The lowest BCUT2D eigenvalue weighted by Gasteiger charge is -1.98. The summed E-state index contributed by atoms with van der Waals surface area (Å²) in [5.74, 6) is 0. The van der Waals surface area contributed by atoms with E-state index in [2.05, 4.69) is 22.7 Å². The van der Waals surface area contributed by atoms with Crippen LogP contribution in [0.5, 0.6) is 0 Å². The molecule has 94 valence electrons. The smallest absolute Gasteiger partial charge is 0.427 e. The zero-order valence-electron chi connectivity index (χ0n) is 10.3. The molecule has 5 heteroatoms. The van der Waals surface area contributed by atoms with E-state index in [4.69, 9.17) is 4.74 Å². The Morgan fingerprint density at radius 3 is 3.00 bits per heavy atom. The van der Waals surface area contributed by atoms with Crippen molar-refractivity contribution in [1.29, 1.82) is 0 Å². The van der Waals surface area contributed by atoms with Crippen molar-refractivity contribution in [3.05, 3.63) is 34.7 Å². The maximum atomic E-state index is 11.0. The number of hydrazone groups is 1. The maximum Gasteiger partial charge on any atom is 0.427 e. The van der Waals surface area contributed by atoms with Crippen molar-refractivity contribution in [3.63, 3.8) is 0 Å². The summed E-state index contributed by atoms with van der Waals surface area (Å²) in [7, 11) is 0. The van der Waals surface area contributed by atoms with Crippen LogP contribution >= 0.6 is 11.3 Å². The predicted octanol–water partition coefficient (Wildman–Crippen LogP) is 3.29. The molecular formula is C13H14N2O2S.